The molecule has 0 aromatic rings. The van der Waals surface area contributed by atoms with Crippen molar-refractivity contribution >= 4 is 6.02 Å². The van der Waals surface area contributed by atoms with E-state index in [9.17, 15) is 0 Å². The van der Waals surface area contributed by atoms with Crippen LogP contribution in [-0.2, 0) is 4.74 Å². The molecule has 0 saturated heterocycles. The zero-order valence-electron chi connectivity index (χ0n) is 2.99. The maximum atomic E-state index is 6.30. The van der Waals surface area contributed by atoms with Gasteiger partial charge in [-0.1, -0.05) is 0 Å². The molecule has 0 fully saturated rings. The molecule has 3 N–H and O–H groups in total. The second kappa shape index (κ2) is 1.58. The summed E-state index contributed by atoms with van der Waals surface area (Å²) in [5.41, 5.74) is 4.65. The van der Waals surface area contributed by atoms with Crippen LogP contribution in [0.25, 0.3) is 0 Å². The van der Waals surface area contributed by atoms with Gasteiger partial charge in [-0.3, -0.25) is 5.41 Å². The fourth-order valence-electron chi connectivity index (χ4n) is 0. The van der Waals surface area contributed by atoms with Gasteiger partial charge in [0.25, 0.3) is 6.02 Å². The van der Waals surface area contributed by atoms with Crippen molar-refractivity contribution in [3.05, 3.63) is 0 Å². The molecular formula is C2H6N2O. The first-order chi connectivity index (χ1) is 2.27. The van der Waals surface area contributed by atoms with Crippen molar-refractivity contribution < 1.29 is 4.74 Å². The van der Waals surface area contributed by atoms with Crippen LogP contribution >= 0.6 is 0 Å². The third kappa shape index (κ3) is 3.27. The van der Waals surface area contributed by atoms with Crippen LogP contribution in [0.15, 0.2) is 0 Å². The van der Waals surface area contributed by atoms with E-state index in [2.05, 4.69) is 10.5 Å². The molecule has 0 aliphatic heterocycles. The second-order valence-electron chi connectivity index (χ2n) is 0.568. The molecule has 3 nitrogen and oxygen atoms in total. The summed E-state index contributed by atoms with van der Waals surface area (Å²) in [5, 5.41) is 6.30. The number of methoxy groups -OCH3 is 1. The Morgan fingerprint density at radius 3 is 2.20 bits per heavy atom. The van der Waals surface area contributed by atoms with Crippen molar-refractivity contribution in [3.8, 4) is 0 Å². The lowest BCUT2D eigenvalue weighted by molar-refractivity contribution is 0.393. The first-order valence-electron chi connectivity index (χ1n) is 1.15. The number of rotatable bonds is 0. The molecule has 0 spiro atoms. The highest BCUT2D eigenvalue weighted by Crippen LogP contribution is 1.50. The summed E-state index contributed by atoms with van der Waals surface area (Å²) < 4.78 is 4.11. The summed E-state index contributed by atoms with van der Waals surface area (Å²) in [5.74, 6) is 0. The lowest BCUT2D eigenvalue weighted by Crippen LogP contribution is -2.10. The zero-order chi connectivity index (χ0) is 4.28. The van der Waals surface area contributed by atoms with Crippen LogP contribution in [-0.4, -0.2) is 13.1 Å². The normalized spacial score (nSPS) is 6.60. The molecule has 0 aliphatic carbocycles. The first kappa shape index (κ1) is 4.27. The molecular weight excluding hydrogens is 70.0 g/mol. The molecule has 5 heavy (non-hydrogen) atoms. The molecule has 0 aliphatic rings. The Balaban J connectivity index is 2.85. The Morgan fingerprint density at radius 1 is 2.00 bits per heavy atom. The lowest BCUT2D eigenvalue weighted by atomic mass is 11.7. The maximum absolute atomic E-state index is 6.30. The quantitative estimate of drug-likeness (QED) is 0.302. The van der Waals surface area contributed by atoms with E-state index in [0.717, 1.165) is 0 Å². The van der Waals surface area contributed by atoms with Crippen molar-refractivity contribution in [2.24, 2.45) is 5.73 Å². The van der Waals surface area contributed by atoms with Crippen LogP contribution in [0.1, 0.15) is 0 Å². The van der Waals surface area contributed by atoms with Gasteiger partial charge in [0.15, 0.2) is 0 Å². The Labute approximate surface area is 30.2 Å². The van der Waals surface area contributed by atoms with Crippen molar-refractivity contribution in [1.29, 1.82) is 5.41 Å². The van der Waals surface area contributed by atoms with Gasteiger partial charge in [-0.15, -0.1) is 0 Å². The minimum Gasteiger partial charge on any atom is -0.469 e. The SMILES string of the molecule is CO[14C](=N)N. The van der Waals surface area contributed by atoms with E-state index >= 15 is 0 Å². The van der Waals surface area contributed by atoms with E-state index in [1.54, 1.807) is 0 Å². The van der Waals surface area contributed by atoms with Crippen LogP contribution in [0, 0.1) is 5.41 Å². The van der Waals surface area contributed by atoms with Crippen molar-refractivity contribution in [2.75, 3.05) is 7.11 Å². The highest BCUT2D eigenvalue weighted by molar-refractivity contribution is 5.67. The number of amidine groups is 1. The van der Waals surface area contributed by atoms with E-state index < -0.39 is 0 Å². The van der Waals surface area contributed by atoms with Gasteiger partial charge in [0, 0.05) is 0 Å². The molecule has 0 saturated carbocycles. The van der Waals surface area contributed by atoms with Crippen molar-refractivity contribution in [3.63, 3.8) is 0 Å². The zero-order valence-corrected chi connectivity index (χ0v) is 2.99. The van der Waals surface area contributed by atoms with Gasteiger partial charge in [0.1, 0.15) is 0 Å². The summed E-state index contributed by atoms with van der Waals surface area (Å²) in [6.07, 6.45) is 0. The summed E-state index contributed by atoms with van der Waals surface area (Å²) in [7, 11) is 1.35. The minimum atomic E-state index is -0.245. The maximum Gasteiger partial charge on any atom is 0.278 e. The van der Waals surface area contributed by atoms with Crippen LogP contribution in [0.2, 0.25) is 0 Å². The third-order valence-electron chi connectivity index (χ3n) is 0.220. The Kier molecular flexibility index (Phi) is 1.35. The van der Waals surface area contributed by atoms with E-state index in [-0.39, 0.29) is 6.02 Å². The van der Waals surface area contributed by atoms with E-state index in [1.807, 2.05) is 0 Å². The number of nitrogens with two attached hydrogens (primary N) is 1. The highest BCUT2D eigenvalue weighted by Gasteiger charge is 1.68. The highest BCUT2D eigenvalue weighted by atomic mass is 16.7. The number of ether oxygens (including phenoxy) is 1. The van der Waals surface area contributed by atoms with Crippen LogP contribution in [0.4, 0.5) is 0 Å². The third-order valence-corrected chi connectivity index (χ3v) is 0.220. The Hall–Kier alpha value is -0.730. The average Bonchev–Trinajstić information content (AvgIpc) is 1.38. The van der Waals surface area contributed by atoms with Crippen molar-refractivity contribution in [1.82, 2.24) is 0 Å². The van der Waals surface area contributed by atoms with E-state index in [0.29, 0.717) is 0 Å². The van der Waals surface area contributed by atoms with Crippen LogP contribution < -0.4 is 5.73 Å². The monoisotopic (exact) mass is 76.1 g/mol. The summed E-state index contributed by atoms with van der Waals surface area (Å²) >= 11 is 0. The molecule has 0 rings (SSSR count). The molecule has 0 amide bonds. The summed E-state index contributed by atoms with van der Waals surface area (Å²) in [6.45, 7) is 0. The number of hydrogen-bond donors (Lipinski definition) is 2. The average molecular weight is 76.1 g/mol. The van der Waals surface area contributed by atoms with Crippen LogP contribution in [0.5, 0.6) is 0 Å². The fourth-order valence-corrected chi connectivity index (χ4v) is 0. The van der Waals surface area contributed by atoms with Gasteiger partial charge in [-0.05, 0) is 0 Å². The summed E-state index contributed by atoms with van der Waals surface area (Å²) in [6, 6.07) is -0.245. The fraction of sp³-hybridized carbons (Fsp3) is 0.500. The summed E-state index contributed by atoms with van der Waals surface area (Å²) in [4.78, 5) is 0. The predicted molar refractivity (Wildman–Crippen MR) is 18.9 cm³/mol. The van der Waals surface area contributed by atoms with Crippen molar-refractivity contribution in [2.45, 2.75) is 0 Å². The molecule has 0 unspecified atom stereocenters. The number of hydrogen-bond acceptors (Lipinski definition) is 2. The first-order valence-corrected chi connectivity index (χ1v) is 1.15. The Bertz CT molecular complexity index is 42.9. The molecule has 3 heteroatoms. The van der Waals surface area contributed by atoms with Gasteiger partial charge < -0.3 is 10.5 Å². The van der Waals surface area contributed by atoms with Gasteiger partial charge in [-0.2, -0.15) is 0 Å². The van der Waals surface area contributed by atoms with Gasteiger partial charge in [-0.25, -0.2) is 0 Å². The second-order valence-corrected chi connectivity index (χ2v) is 0.568. The smallest absolute Gasteiger partial charge is 0.278 e. The number of nitrogens with one attached hydrogen (secondary N) is 1. The van der Waals surface area contributed by atoms with Gasteiger partial charge in [0.05, 0.1) is 7.11 Å². The molecule has 0 bridgehead atoms. The minimum absolute atomic E-state index is 0.245. The molecule has 0 atom stereocenters. The van der Waals surface area contributed by atoms with Gasteiger partial charge in [0.2, 0.25) is 0 Å². The predicted octanol–water partition coefficient (Wildman–Crippen LogP) is -0.474. The molecule has 0 radical (unpaired) electrons. The lowest BCUT2D eigenvalue weighted by Gasteiger charge is -1.85. The van der Waals surface area contributed by atoms with Gasteiger partial charge >= 0.3 is 0 Å². The topological polar surface area (TPSA) is 59.1 Å². The van der Waals surface area contributed by atoms with Crippen LogP contribution in [0.3, 0.4) is 0 Å². The molecule has 0 aromatic heterocycles. The van der Waals surface area contributed by atoms with E-state index in [1.165, 1.54) is 7.11 Å². The van der Waals surface area contributed by atoms with E-state index in [4.69, 9.17) is 5.41 Å². The molecule has 0 heterocycles. The Morgan fingerprint density at radius 2 is 2.20 bits per heavy atom. The largest absolute Gasteiger partial charge is 0.469 e. The standard InChI is InChI=1S/C2H6N2O/c1-5-2(3)4/h1H3,(H3,3,4)/i2+2. The molecule has 30 valence electrons. The molecule has 0 aromatic carbocycles.